The molecule has 0 spiro atoms. The zero-order chi connectivity index (χ0) is 19.0. The molecule has 8 heteroatoms. The van der Waals surface area contributed by atoms with Gasteiger partial charge in [-0.1, -0.05) is 13.8 Å². The van der Waals surface area contributed by atoms with Crippen molar-refractivity contribution in [2.75, 3.05) is 13.6 Å². The van der Waals surface area contributed by atoms with E-state index in [9.17, 15) is 26.7 Å². The lowest BCUT2D eigenvalue weighted by molar-refractivity contribution is -0.137. The Hall–Kier alpha value is -1.70. The van der Waals surface area contributed by atoms with Crippen LogP contribution in [0, 0.1) is 0 Å². The predicted molar refractivity (Wildman–Crippen MR) is 82.8 cm³/mol. The average molecular weight is 354 g/mol. The zero-order valence-corrected chi connectivity index (χ0v) is 14.2. The summed E-state index contributed by atoms with van der Waals surface area (Å²) in [6.45, 7) is 4.69. The number of hydrogen-bond acceptors (Lipinski definition) is 2. The fourth-order valence-corrected chi connectivity index (χ4v) is 1.74. The van der Waals surface area contributed by atoms with Gasteiger partial charge in [-0.25, -0.2) is 8.78 Å². The third-order valence-corrected chi connectivity index (χ3v) is 2.92. The number of rotatable bonds is 6. The average Bonchev–Trinajstić information content (AvgIpc) is 2.51. The van der Waals surface area contributed by atoms with Gasteiger partial charge in [-0.05, 0) is 30.8 Å². The number of hydrogen-bond donors (Lipinski definition) is 2. The van der Waals surface area contributed by atoms with Crippen molar-refractivity contribution in [3.8, 4) is 0 Å². The second-order valence-corrected chi connectivity index (χ2v) is 4.94. The Morgan fingerprint density at radius 2 is 1.58 bits per heavy atom. The third-order valence-electron chi connectivity index (χ3n) is 2.92. The summed E-state index contributed by atoms with van der Waals surface area (Å²) in [5.41, 5.74) is -1.92. The molecule has 3 nitrogen and oxygen atoms in total. The molecule has 1 aromatic rings. The maximum atomic E-state index is 13.3. The first-order valence-electron chi connectivity index (χ1n) is 7.55. The van der Waals surface area contributed by atoms with Gasteiger partial charge in [-0.15, -0.1) is 0 Å². The molecule has 0 bridgehead atoms. The molecule has 1 amide bonds. The van der Waals surface area contributed by atoms with E-state index in [1.807, 2.05) is 13.8 Å². The van der Waals surface area contributed by atoms with Crippen LogP contribution in [0.2, 0.25) is 0 Å². The van der Waals surface area contributed by atoms with E-state index in [0.717, 1.165) is 12.1 Å². The smallest absolute Gasteiger partial charge is 0.352 e. The van der Waals surface area contributed by atoms with Crippen LogP contribution in [0.25, 0.3) is 0 Å². The molecule has 0 aliphatic carbocycles. The van der Waals surface area contributed by atoms with Gasteiger partial charge in [-0.2, -0.15) is 13.2 Å². The molecule has 24 heavy (non-hydrogen) atoms. The van der Waals surface area contributed by atoms with Crippen LogP contribution >= 0.6 is 0 Å². The molecule has 1 aromatic carbocycles. The van der Waals surface area contributed by atoms with Crippen molar-refractivity contribution in [2.45, 2.75) is 45.8 Å². The van der Waals surface area contributed by atoms with Crippen LogP contribution in [0.5, 0.6) is 0 Å². The molecule has 138 valence electrons. The molecular weight excluding hydrogens is 331 g/mol. The largest absolute Gasteiger partial charge is 0.416 e. The van der Waals surface area contributed by atoms with Gasteiger partial charge in [0.1, 0.15) is 0 Å². The van der Waals surface area contributed by atoms with Gasteiger partial charge in [0.2, 0.25) is 5.91 Å². The molecule has 2 N–H and O–H groups in total. The quantitative estimate of drug-likeness (QED) is 0.756. The highest BCUT2D eigenvalue weighted by Crippen LogP contribution is 2.35. The minimum absolute atomic E-state index is 0.0239. The molecule has 0 fully saturated rings. The summed E-state index contributed by atoms with van der Waals surface area (Å²) in [6.07, 6.45) is -4.58. The molecule has 0 heterocycles. The summed E-state index contributed by atoms with van der Waals surface area (Å²) in [5.74, 6) is -3.77. The first-order chi connectivity index (χ1) is 11.0. The van der Waals surface area contributed by atoms with Crippen LogP contribution in [-0.4, -0.2) is 19.5 Å². The van der Waals surface area contributed by atoms with Gasteiger partial charge in [0.15, 0.2) is 0 Å². The number of nitrogens with one attached hydrogen (secondary N) is 2. The van der Waals surface area contributed by atoms with Crippen LogP contribution in [0.3, 0.4) is 0 Å². The van der Waals surface area contributed by atoms with E-state index in [1.54, 1.807) is 7.05 Å². The number of carbonyl (C=O) groups is 1. The number of amides is 1. The molecule has 1 rings (SSSR count). The standard InChI is InChI=1S/C14H17F5N2O.C2H6/c1-13(15,16)10-5-9(6-11(7-10)14(17,18)19)8-21-12(22)3-4-20-2;1-2/h5-7,20H,3-4,8H2,1-2H3,(H,21,22);1-2H3. The van der Waals surface area contributed by atoms with E-state index in [4.69, 9.17) is 0 Å². The van der Waals surface area contributed by atoms with E-state index in [0.29, 0.717) is 19.5 Å². The molecule has 0 aliphatic rings. The number of benzene rings is 1. The molecule has 0 atom stereocenters. The van der Waals surface area contributed by atoms with Crippen molar-refractivity contribution >= 4 is 5.91 Å². The Labute approximate surface area is 138 Å². The minimum atomic E-state index is -4.73. The first kappa shape index (κ1) is 22.3. The molecule has 0 radical (unpaired) electrons. The summed E-state index contributed by atoms with van der Waals surface area (Å²) in [4.78, 5) is 11.4. The lowest BCUT2D eigenvalue weighted by Gasteiger charge is -2.16. The lowest BCUT2D eigenvalue weighted by atomic mass is 10.0. The van der Waals surface area contributed by atoms with Crippen LogP contribution in [0.1, 0.15) is 43.9 Å². The lowest BCUT2D eigenvalue weighted by Crippen LogP contribution is -2.26. The summed E-state index contributed by atoms with van der Waals surface area (Å²) < 4.78 is 64.9. The summed E-state index contributed by atoms with van der Waals surface area (Å²) in [6, 6.07) is 2.15. The van der Waals surface area contributed by atoms with E-state index < -0.39 is 23.2 Å². The van der Waals surface area contributed by atoms with Crippen molar-refractivity contribution in [2.24, 2.45) is 0 Å². The Kier molecular flexibility index (Phi) is 8.88. The molecule has 0 aromatic heterocycles. The topological polar surface area (TPSA) is 41.1 Å². The van der Waals surface area contributed by atoms with Crippen LogP contribution in [0.4, 0.5) is 22.0 Å². The highest BCUT2D eigenvalue weighted by Gasteiger charge is 2.34. The maximum Gasteiger partial charge on any atom is 0.416 e. The second kappa shape index (κ2) is 9.56. The van der Waals surface area contributed by atoms with Gasteiger partial charge >= 0.3 is 6.18 Å². The Bertz CT molecular complexity index is 492. The van der Waals surface area contributed by atoms with Gasteiger partial charge in [-0.3, -0.25) is 4.79 Å². The Balaban J connectivity index is 0.00000254. The molecule has 0 unspecified atom stereocenters. The highest BCUT2D eigenvalue weighted by molar-refractivity contribution is 5.76. The zero-order valence-electron chi connectivity index (χ0n) is 14.2. The first-order valence-corrected chi connectivity index (χ1v) is 7.55. The van der Waals surface area contributed by atoms with Gasteiger partial charge in [0, 0.05) is 32.0 Å². The van der Waals surface area contributed by atoms with E-state index >= 15 is 0 Å². The van der Waals surface area contributed by atoms with Crippen molar-refractivity contribution in [1.29, 1.82) is 0 Å². The third kappa shape index (κ3) is 7.72. The van der Waals surface area contributed by atoms with Gasteiger partial charge in [0.25, 0.3) is 5.92 Å². The van der Waals surface area contributed by atoms with E-state index in [1.165, 1.54) is 0 Å². The SMILES string of the molecule is CC.CNCCC(=O)NCc1cc(C(C)(F)F)cc(C(F)(F)F)c1. The number of carbonyl (C=O) groups excluding carboxylic acids is 1. The highest BCUT2D eigenvalue weighted by atomic mass is 19.4. The van der Waals surface area contributed by atoms with Crippen molar-refractivity contribution in [3.05, 3.63) is 34.9 Å². The number of alkyl halides is 5. The summed E-state index contributed by atoms with van der Waals surface area (Å²) >= 11 is 0. The van der Waals surface area contributed by atoms with E-state index in [-0.39, 0.29) is 24.4 Å². The van der Waals surface area contributed by atoms with Crippen molar-refractivity contribution < 1.29 is 26.7 Å². The maximum absolute atomic E-state index is 13.3. The van der Waals surface area contributed by atoms with Crippen molar-refractivity contribution in [3.63, 3.8) is 0 Å². The summed E-state index contributed by atoms with van der Waals surface area (Å²) in [5, 5.41) is 5.15. The molecule has 0 saturated carbocycles. The molecular formula is C16H23F5N2O. The van der Waals surface area contributed by atoms with Crippen LogP contribution < -0.4 is 10.6 Å². The Morgan fingerprint density at radius 1 is 1.04 bits per heavy atom. The second-order valence-electron chi connectivity index (χ2n) is 4.94. The Morgan fingerprint density at radius 3 is 2.04 bits per heavy atom. The van der Waals surface area contributed by atoms with Gasteiger partial charge < -0.3 is 10.6 Å². The summed E-state index contributed by atoms with van der Waals surface area (Å²) in [7, 11) is 1.65. The molecule has 0 saturated heterocycles. The van der Waals surface area contributed by atoms with Gasteiger partial charge in [0.05, 0.1) is 5.56 Å². The predicted octanol–water partition coefficient (Wildman–Crippen LogP) is 4.07. The number of halogens is 5. The van der Waals surface area contributed by atoms with Crippen LogP contribution in [0.15, 0.2) is 18.2 Å². The van der Waals surface area contributed by atoms with Crippen molar-refractivity contribution in [1.82, 2.24) is 10.6 Å². The van der Waals surface area contributed by atoms with Crippen LogP contribution in [-0.2, 0) is 23.4 Å². The molecule has 0 aliphatic heterocycles. The fraction of sp³-hybridized carbons (Fsp3) is 0.562. The minimum Gasteiger partial charge on any atom is -0.352 e. The van der Waals surface area contributed by atoms with E-state index in [2.05, 4.69) is 10.6 Å². The monoisotopic (exact) mass is 354 g/mol. The fourth-order valence-electron chi connectivity index (χ4n) is 1.74. The normalized spacial score (nSPS) is 11.5.